The van der Waals surface area contributed by atoms with Crippen LogP contribution >= 0.6 is 0 Å². The highest BCUT2D eigenvalue weighted by Gasteiger charge is 2.56. The number of nitriles is 1. The summed E-state index contributed by atoms with van der Waals surface area (Å²) in [5.41, 5.74) is 0.693. The van der Waals surface area contributed by atoms with Crippen molar-refractivity contribution in [3.05, 3.63) is 58.2 Å². The lowest BCUT2D eigenvalue weighted by Gasteiger charge is -2.29. The summed E-state index contributed by atoms with van der Waals surface area (Å²) in [6.45, 7) is 5.63. The van der Waals surface area contributed by atoms with E-state index >= 15 is 0 Å². The minimum Gasteiger partial charge on any atom is -0.264 e. The Morgan fingerprint density at radius 1 is 1.50 bits per heavy atom. The van der Waals surface area contributed by atoms with Crippen molar-refractivity contribution < 1.29 is 4.92 Å². The van der Waals surface area contributed by atoms with Crippen molar-refractivity contribution in [3.63, 3.8) is 0 Å². The lowest BCUT2D eigenvalue weighted by atomic mass is 9.72. The first-order valence-corrected chi connectivity index (χ1v) is 5.78. The maximum absolute atomic E-state index is 11.3. The summed E-state index contributed by atoms with van der Waals surface area (Å²) in [6.07, 6.45) is 0.274. The maximum Gasteiger partial charge on any atom is 0.227 e. The molecule has 0 saturated heterocycles. The van der Waals surface area contributed by atoms with Crippen LogP contribution < -0.4 is 0 Å². The van der Waals surface area contributed by atoms with E-state index in [2.05, 4.69) is 12.6 Å². The van der Waals surface area contributed by atoms with Gasteiger partial charge < -0.3 is 0 Å². The van der Waals surface area contributed by atoms with Gasteiger partial charge >= 0.3 is 0 Å². The summed E-state index contributed by atoms with van der Waals surface area (Å²) in [6, 6.07) is 10.6. The summed E-state index contributed by atoms with van der Waals surface area (Å²) in [5, 5.41) is 20.6. The van der Waals surface area contributed by atoms with Crippen molar-refractivity contribution in [2.75, 3.05) is 0 Å². The number of hydrogen-bond acceptors (Lipinski definition) is 3. The van der Waals surface area contributed by atoms with Crippen molar-refractivity contribution in [3.8, 4) is 6.07 Å². The van der Waals surface area contributed by atoms with Crippen molar-refractivity contribution in [1.82, 2.24) is 0 Å². The molecular formula is C14H14N2O2. The van der Waals surface area contributed by atoms with Gasteiger partial charge in [0.05, 0.1) is 17.4 Å². The van der Waals surface area contributed by atoms with Gasteiger partial charge in [0.2, 0.25) is 6.04 Å². The molecule has 4 nitrogen and oxygen atoms in total. The minimum absolute atomic E-state index is 0.274. The van der Waals surface area contributed by atoms with Crippen molar-refractivity contribution in [2.24, 2.45) is 5.92 Å². The second-order valence-electron chi connectivity index (χ2n) is 4.87. The van der Waals surface area contributed by atoms with Crippen LogP contribution in [-0.4, -0.2) is 11.0 Å². The van der Waals surface area contributed by atoms with Gasteiger partial charge in [-0.2, -0.15) is 5.26 Å². The average molecular weight is 242 g/mol. The molecule has 0 N–H and O–H groups in total. The summed E-state index contributed by atoms with van der Waals surface area (Å²) in [4.78, 5) is 11.0. The van der Waals surface area contributed by atoms with E-state index in [9.17, 15) is 15.4 Å². The molecule has 92 valence electrons. The molecule has 1 fully saturated rings. The number of nitro groups is 1. The quantitative estimate of drug-likeness (QED) is 0.455. The second-order valence-corrected chi connectivity index (χ2v) is 4.87. The lowest BCUT2D eigenvalue weighted by Crippen LogP contribution is -2.41. The van der Waals surface area contributed by atoms with Crippen LogP contribution in [0.5, 0.6) is 0 Å². The normalized spacial score (nSPS) is 31.0. The lowest BCUT2D eigenvalue weighted by molar-refractivity contribution is -0.531. The molecule has 4 heteroatoms. The summed E-state index contributed by atoms with van der Waals surface area (Å²) in [5.74, 6) is -0.504. The largest absolute Gasteiger partial charge is 0.264 e. The van der Waals surface area contributed by atoms with E-state index in [0.29, 0.717) is 5.57 Å². The van der Waals surface area contributed by atoms with Gasteiger partial charge in [-0.3, -0.25) is 10.1 Å². The third kappa shape index (κ3) is 1.60. The highest BCUT2D eigenvalue weighted by molar-refractivity contribution is 5.38. The van der Waals surface area contributed by atoms with Crippen LogP contribution in [0.15, 0.2) is 42.5 Å². The molecule has 18 heavy (non-hydrogen) atoms. The maximum atomic E-state index is 11.3. The minimum atomic E-state index is -0.795. The molecule has 0 heterocycles. The van der Waals surface area contributed by atoms with Gasteiger partial charge in [-0.25, -0.2) is 0 Å². The third-order valence-corrected chi connectivity index (χ3v) is 3.94. The molecule has 1 aliphatic rings. The first kappa shape index (κ1) is 12.3. The molecule has 0 bridgehead atoms. The number of nitrogens with zero attached hydrogens (tertiary/aromatic N) is 2. The van der Waals surface area contributed by atoms with E-state index < -0.39 is 17.4 Å². The third-order valence-electron chi connectivity index (χ3n) is 3.94. The Morgan fingerprint density at radius 3 is 2.61 bits per heavy atom. The van der Waals surface area contributed by atoms with Crippen molar-refractivity contribution >= 4 is 0 Å². The standard InChI is InChI=1S/C14H14N2O2/c1-10-8-13(16(17)18)14(2,12(10)9-15)11-6-4-3-5-7-11/h3-7,12-13H,1,8H2,2H3/t12-,13+,14+/m1/s1. The van der Waals surface area contributed by atoms with Gasteiger partial charge in [0.15, 0.2) is 0 Å². The zero-order chi connectivity index (χ0) is 13.3. The second kappa shape index (κ2) is 4.26. The van der Waals surface area contributed by atoms with Crippen LogP contribution in [0.4, 0.5) is 0 Å². The average Bonchev–Trinajstić information content (AvgIpc) is 2.63. The van der Waals surface area contributed by atoms with Crippen LogP contribution in [0.25, 0.3) is 0 Å². The molecule has 0 radical (unpaired) electrons. The van der Waals surface area contributed by atoms with E-state index in [1.54, 1.807) is 6.92 Å². The number of hydrogen-bond donors (Lipinski definition) is 0. The zero-order valence-corrected chi connectivity index (χ0v) is 10.2. The van der Waals surface area contributed by atoms with E-state index in [1.165, 1.54) is 0 Å². The first-order valence-electron chi connectivity index (χ1n) is 5.78. The Labute approximate surface area is 106 Å². The Kier molecular flexibility index (Phi) is 2.92. The molecule has 0 spiro atoms. The Balaban J connectivity index is 2.58. The van der Waals surface area contributed by atoms with Crippen LogP contribution in [0.3, 0.4) is 0 Å². The molecule has 3 atom stereocenters. The molecule has 1 saturated carbocycles. The molecule has 0 unspecified atom stereocenters. The monoisotopic (exact) mass is 242 g/mol. The van der Waals surface area contributed by atoms with Gasteiger partial charge in [0.1, 0.15) is 0 Å². The summed E-state index contributed by atoms with van der Waals surface area (Å²) < 4.78 is 0. The molecule has 0 aromatic heterocycles. The van der Waals surface area contributed by atoms with E-state index in [4.69, 9.17) is 0 Å². The van der Waals surface area contributed by atoms with Crippen LogP contribution in [-0.2, 0) is 5.41 Å². The predicted molar refractivity (Wildman–Crippen MR) is 67.4 cm³/mol. The van der Waals surface area contributed by atoms with Crippen LogP contribution in [0.1, 0.15) is 18.9 Å². The molecule has 1 aliphatic carbocycles. The molecule has 1 aromatic carbocycles. The predicted octanol–water partition coefficient (Wildman–Crippen LogP) is 2.69. The van der Waals surface area contributed by atoms with Crippen LogP contribution in [0.2, 0.25) is 0 Å². The molecule has 2 rings (SSSR count). The topological polar surface area (TPSA) is 66.9 Å². The van der Waals surface area contributed by atoms with Gasteiger partial charge in [-0.1, -0.05) is 42.5 Å². The Bertz CT molecular complexity index is 532. The van der Waals surface area contributed by atoms with Gasteiger partial charge in [0.25, 0.3) is 0 Å². The summed E-state index contributed by atoms with van der Waals surface area (Å²) in [7, 11) is 0. The molecular weight excluding hydrogens is 228 g/mol. The van der Waals surface area contributed by atoms with Crippen molar-refractivity contribution in [1.29, 1.82) is 5.26 Å². The van der Waals surface area contributed by atoms with Gasteiger partial charge in [0, 0.05) is 11.3 Å². The van der Waals surface area contributed by atoms with Crippen LogP contribution in [0, 0.1) is 27.4 Å². The molecule has 1 aromatic rings. The number of rotatable bonds is 2. The van der Waals surface area contributed by atoms with Crippen molar-refractivity contribution in [2.45, 2.75) is 24.8 Å². The highest BCUT2D eigenvalue weighted by Crippen LogP contribution is 2.48. The van der Waals surface area contributed by atoms with E-state index in [-0.39, 0.29) is 11.3 Å². The Hall–Kier alpha value is -2.15. The molecule has 0 amide bonds. The van der Waals surface area contributed by atoms with Gasteiger partial charge in [-0.15, -0.1) is 0 Å². The zero-order valence-electron chi connectivity index (χ0n) is 10.2. The summed E-state index contributed by atoms with van der Waals surface area (Å²) >= 11 is 0. The SMILES string of the molecule is C=C1C[C@H]([N+](=O)[O-])[C@@](C)(c2ccccc2)[C@@H]1C#N. The van der Waals surface area contributed by atoms with Gasteiger partial charge in [-0.05, 0) is 12.5 Å². The smallest absolute Gasteiger partial charge is 0.227 e. The first-order chi connectivity index (χ1) is 8.51. The fourth-order valence-corrected chi connectivity index (χ4v) is 2.87. The Morgan fingerprint density at radius 2 is 2.11 bits per heavy atom. The molecule has 0 aliphatic heterocycles. The highest BCUT2D eigenvalue weighted by atomic mass is 16.6. The van der Waals surface area contributed by atoms with E-state index in [0.717, 1.165) is 5.56 Å². The van der Waals surface area contributed by atoms with E-state index in [1.807, 2.05) is 30.3 Å². The fraction of sp³-hybridized carbons (Fsp3) is 0.357. The fourth-order valence-electron chi connectivity index (χ4n) is 2.87. The number of benzene rings is 1.